The molecule has 0 radical (unpaired) electrons. The fourth-order valence-corrected chi connectivity index (χ4v) is 1.09. The van der Waals surface area contributed by atoms with E-state index in [4.69, 9.17) is 5.26 Å². The molecule has 0 aromatic heterocycles. The zero-order valence-corrected chi connectivity index (χ0v) is 6.00. The summed E-state index contributed by atoms with van der Waals surface area (Å²) in [7, 11) is 0. The van der Waals surface area contributed by atoms with Crippen molar-refractivity contribution >= 4 is 11.8 Å². The first-order valence-corrected chi connectivity index (χ1v) is 4.02. The SMILES string of the molecule is CCCSCCC#N. The number of rotatable bonds is 4. The van der Waals surface area contributed by atoms with E-state index in [0.29, 0.717) is 6.42 Å². The molecule has 1 nitrogen and oxygen atoms in total. The Morgan fingerprint density at radius 1 is 1.50 bits per heavy atom. The number of nitriles is 1. The molecule has 0 unspecified atom stereocenters. The van der Waals surface area contributed by atoms with Gasteiger partial charge in [-0.1, -0.05) is 6.92 Å². The highest BCUT2D eigenvalue weighted by Crippen LogP contribution is 2.02. The first-order valence-electron chi connectivity index (χ1n) is 2.86. The van der Waals surface area contributed by atoms with Crippen molar-refractivity contribution in [3.8, 4) is 6.07 Å². The third-order valence-corrected chi connectivity index (χ3v) is 1.90. The summed E-state index contributed by atoms with van der Waals surface area (Å²) in [4.78, 5) is 0. The lowest BCUT2D eigenvalue weighted by molar-refractivity contribution is 1.10. The Balaban J connectivity index is 2.65. The summed E-state index contributed by atoms with van der Waals surface area (Å²) in [6, 6.07) is 2.11. The van der Waals surface area contributed by atoms with Gasteiger partial charge < -0.3 is 0 Å². The largest absolute Gasteiger partial charge is 0.198 e. The lowest BCUT2D eigenvalue weighted by Crippen LogP contribution is -1.77. The van der Waals surface area contributed by atoms with E-state index in [2.05, 4.69) is 13.0 Å². The van der Waals surface area contributed by atoms with Crippen LogP contribution in [-0.4, -0.2) is 11.5 Å². The average molecular weight is 129 g/mol. The van der Waals surface area contributed by atoms with E-state index in [1.54, 1.807) is 0 Å². The minimum Gasteiger partial charge on any atom is -0.198 e. The average Bonchev–Trinajstić information content (AvgIpc) is 1.81. The monoisotopic (exact) mass is 129 g/mol. The van der Waals surface area contributed by atoms with E-state index in [0.717, 1.165) is 5.75 Å². The molecule has 0 N–H and O–H groups in total. The van der Waals surface area contributed by atoms with Crippen LogP contribution in [0.4, 0.5) is 0 Å². The van der Waals surface area contributed by atoms with Gasteiger partial charge in [0, 0.05) is 12.2 Å². The summed E-state index contributed by atoms with van der Waals surface area (Å²) in [6.07, 6.45) is 1.92. The molecule has 0 aliphatic heterocycles. The Labute approximate surface area is 55.1 Å². The summed E-state index contributed by atoms with van der Waals surface area (Å²) in [5.74, 6) is 2.20. The Bertz CT molecular complexity index is 75.1. The standard InChI is InChI=1S/C6H11NS/c1-2-5-8-6-3-4-7/h2-3,5-6H2,1H3. The molecule has 0 amide bonds. The van der Waals surface area contributed by atoms with Crippen molar-refractivity contribution in [3.05, 3.63) is 0 Å². The highest BCUT2D eigenvalue weighted by atomic mass is 32.2. The van der Waals surface area contributed by atoms with Gasteiger partial charge in [0.15, 0.2) is 0 Å². The van der Waals surface area contributed by atoms with Crippen LogP contribution < -0.4 is 0 Å². The van der Waals surface area contributed by atoms with Crippen LogP contribution in [0.5, 0.6) is 0 Å². The van der Waals surface area contributed by atoms with Crippen LogP contribution in [0.15, 0.2) is 0 Å². The molecule has 0 aromatic rings. The van der Waals surface area contributed by atoms with Crippen molar-refractivity contribution in [3.63, 3.8) is 0 Å². The summed E-state index contributed by atoms with van der Waals surface area (Å²) in [5.41, 5.74) is 0. The topological polar surface area (TPSA) is 23.8 Å². The molecule has 0 bridgehead atoms. The van der Waals surface area contributed by atoms with Gasteiger partial charge in [-0.15, -0.1) is 0 Å². The second-order valence-corrected chi connectivity index (χ2v) is 2.75. The third kappa shape index (κ3) is 5.84. The van der Waals surface area contributed by atoms with E-state index < -0.39 is 0 Å². The predicted molar refractivity (Wildman–Crippen MR) is 37.8 cm³/mol. The summed E-state index contributed by atoms with van der Waals surface area (Å²) < 4.78 is 0. The molecule has 0 aliphatic carbocycles. The molecular formula is C6H11NS. The zero-order valence-electron chi connectivity index (χ0n) is 5.18. The lowest BCUT2D eigenvalue weighted by atomic mass is 10.6. The molecule has 0 rings (SSSR count). The van der Waals surface area contributed by atoms with Gasteiger partial charge in [-0.2, -0.15) is 17.0 Å². The van der Waals surface area contributed by atoms with E-state index in [1.807, 2.05) is 11.8 Å². The number of nitrogens with zero attached hydrogens (tertiary/aromatic N) is 1. The van der Waals surface area contributed by atoms with Gasteiger partial charge in [-0.3, -0.25) is 0 Å². The van der Waals surface area contributed by atoms with Crippen molar-refractivity contribution in [1.82, 2.24) is 0 Å². The van der Waals surface area contributed by atoms with Crippen molar-refractivity contribution in [2.75, 3.05) is 11.5 Å². The number of hydrogen-bond donors (Lipinski definition) is 0. The van der Waals surface area contributed by atoms with Crippen molar-refractivity contribution in [1.29, 1.82) is 5.26 Å². The predicted octanol–water partition coefficient (Wildman–Crippen LogP) is 2.04. The second kappa shape index (κ2) is 6.84. The van der Waals surface area contributed by atoms with Gasteiger partial charge >= 0.3 is 0 Å². The highest BCUT2D eigenvalue weighted by molar-refractivity contribution is 7.99. The maximum absolute atomic E-state index is 8.10. The fourth-order valence-electron chi connectivity index (χ4n) is 0.364. The Hall–Kier alpha value is -0.160. The van der Waals surface area contributed by atoms with Gasteiger partial charge in [-0.05, 0) is 12.2 Å². The zero-order chi connectivity index (χ0) is 6.24. The molecule has 8 heavy (non-hydrogen) atoms. The molecule has 0 saturated heterocycles. The number of thioether (sulfide) groups is 1. The van der Waals surface area contributed by atoms with Crippen LogP contribution in [0.2, 0.25) is 0 Å². The number of hydrogen-bond acceptors (Lipinski definition) is 2. The van der Waals surface area contributed by atoms with Gasteiger partial charge in [0.2, 0.25) is 0 Å². The Morgan fingerprint density at radius 2 is 2.25 bits per heavy atom. The second-order valence-electron chi connectivity index (χ2n) is 1.52. The molecule has 0 atom stereocenters. The van der Waals surface area contributed by atoms with Crippen LogP contribution in [0.3, 0.4) is 0 Å². The summed E-state index contributed by atoms with van der Waals surface area (Å²) >= 11 is 1.86. The minimum atomic E-state index is 0.699. The molecule has 0 spiro atoms. The maximum Gasteiger partial charge on any atom is 0.0630 e. The summed E-state index contributed by atoms with van der Waals surface area (Å²) in [5, 5.41) is 8.10. The Kier molecular flexibility index (Phi) is 6.70. The van der Waals surface area contributed by atoms with Crippen LogP contribution >= 0.6 is 11.8 Å². The quantitative estimate of drug-likeness (QED) is 0.542. The van der Waals surface area contributed by atoms with Crippen molar-refractivity contribution in [2.45, 2.75) is 19.8 Å². The molecule has 0 aromatic carbocycles. The first kappa shape index (κ1) is 7.84. The van der Waals surface area contributed by atoms with Gasteiger partial charge in [0.05, 0.1) is 6.07 Å². The minimum absolute atomic E-state index is 0.699. The van der Waals surface area contributed by atoms with Crippen LogP contribution in [0.1, 0.15) is 19.8 Å². The molecule has 46 valence electrons. The molecule has 0 aliphatic rings. The van der Waals surface area contributed by atoms with E-state index >= 15 is 0 Å². The normalized spacial score (nSPS) is 8.50. The first-order chi connectivity index (χ1) is 3.91. The third-order valence-electron chi connectivity index (χ3n) is 0.707. The fraction of sp³-hybridized carbons (Fsp3) is 0.833. The van der Waals surface area contributed by atoms with Gasteiger partial charge in [-0.25, -0.2) is 0 Å². The van der Waals surface area contributed by atoms with Crippen molar-refractivity contribution in [2.24, 2.45) is 0 Å². The molecule has 0 saturated carbocycles. The summed E-state index contributed by atoms with van der Waals surface area (Å²) in [6.45, 7) is 2.15. The van der Waals surface area contributed by atoms with E-state index in [-0.39, 0.29) is 0 Å². The smallest absolute Gasteiger partial charge is 0.0630 e. The van der Waals surface area contributed by atoms with Crippen molar-refractivity contribution < 1.29 is 0 Å². The molecule has 0 heterocycles. The van der Waals surface area contributed by atoms with Gasteiger partial charge in [0.25, 0.3) is 0 Å². The van der Waals surface area contributed by atoms with Crippen LogP contribution in [0.25, 0.3) is 0 Å². The van der Waals surface area contributed by atoms with Crippen LogP contribution in [-0.2, 0) is 0 Å². The van der Waals surface area contributed by atoms with E-state index in [1.165, 1.54) is 12.2 Å². The highest BCUT2D eigenvalue weighted by Gasteiger charge is 1.83. The van der Waals surface area contributed by atoms with E-state index in [9.17, 15) is 0 Å². The molecule has 0 fully saturated rings. The molecule has 2 heteroatoms. The van der Waals surface area contributed by atoms with Crippen LogP contribution in [0, 0.1) is 11.3 Å². The van der Waals surface area contributed by atoms with Gasteiger partial charge in [0.1, 0.15) is 0 Å². The Morgan fingerprint density at radius 3 is 2.75 bits per heavy atom. The molecular weight excluding hydrogens is 118 g/mol. The lowest BCUT2D eigenvalue weighted by Gasteiger charge is -1.90. The maximum atomic E-state index is 8.10.